The zero-order chi connectivity index (χ0) is 27.7. The number of nitrogens with zero attached hydrogens (tertiary/aromatic N) is 2. The molecule has 1 saturated carbocycles. The molecule has 8 nitrogen and oxygen atoms in total. The van der Waals surface area contributed by atoms with E-state index >= 15 is 4.39 Å². The van der Waals surface area contributed by atoms with Crippen LogP contribution in [-0.4, -0.2) is 46.9 Å². The van der Waals surface area contributed by atoms with Crippen LogP contribution in [0.15, 0.2) is 60.7 Å². The molecule has 0 unspecified atom stereocenters. The minimum atomic E-state index is -0.682. The van der Waals surface area contributed by atoms with Crippen LogP contribution >= 0.6 is 0 Å². The van der Waals surface area contributed by atoms with Gasteiger partial charge in [-0.1, -0.05) is 24.3 Å². The molecular formula is C29H27F2N3O5. The molecule has 1 N–H and O–H groups in total. The summed E-state index contributed by atoms with van der Waals surface area (Å²) in [4.78, 5) is 38.9. The third-order valence-electron chi connectivity index (χ3n) is 7.78. The zero-order valence-electron chi connectivity index (χ0n) is 21.3. The van der Waals surface area contributed by atoms with Gasteiger partial charge in [-0.25, -0.2) is 8.78 Å². The maximum atomic E-state index is 15.0. The lowest BCUT2D eigenvalue weighted by Crippen LogP contribution is -2.54. The summed E-state index contributed by atoms with van der Waals surface area (Å²) < 4.78 is 33.4. The van der Waals surface area contributed by atoms with Crippen LogP contribution in [-0.2, 0) is 11.2 Å². The second-order valence-electron chi connectivity index (χ2n) is 10.00. The molecule has 0 aromatic heterocycles. The molecule has 1 aliphatic heterocycles. The van der Waals surface area contributed by atoms with E-state index in [-0.39, 0.29) is 35.4 Å². The normalized spacial score (nSPS) is 20.0. The number of rotatable bonds is 7. The number of nitro groups is 1. The Labute approximate surface area is 223 Å². The first-order chi connectivity index (χ1) is 18.7. The van der Waals surface area contributed by atoms with E-state index in [9.17, 15) is 24.1 Å². The second-order valence-corrected chi connectivity index (χ2v) is 10.00. The van der Waals surface area contributed by atoms with Crippen molar-refractivity contribution in [2.24, 2.45) is 0 Å². The van der Waals surface area contributed by atoms with Crippen molar-refractivity contribution >= 4 is 17.5 Å². The van der Waals surface area contributed by atoms with E-state index in [0.717, 1.165) is 6.42 Å². The van der Waals surface area contributed by atoms with Crippen molar-refractivity contribution in [3.63, 3.8) is 0 Å². The van der Waals surface area contributed by atoms with Gasteiger partial charge in [0.15, 0.2) is 5.75 Å². The van der Waals surface area contributed by atoms with E-state index in [0.29, 0.717) is 42.5 Å². The molecule has 0 bridgehead atoms. The van der Waals surface area contributed by atoms with Crippen LogP contribution in [0.25, 0.3) is 11.1 Å². The largest absolute Gasteiger partial charge is 0.490 e. The van der Waals surface area contributed by atoms with Crippen molar-refractivity contribution in [1.29, 1.82) is 0 Å². The Bertz CT molecular complexity index is 1450. The predicted molar refractivity (Wildman–Crippen MR) is 139 cm³/mol. The van der Waals surface area contributed by atoms with Crippen LogP contribution < -0.4 is 10.1 Å². The first-order valence-electron chi connectivity index (χ1n) is 12.7. The molecule has 3 aromatic rings. The Balaban J connectivity index is 1.29. The number of fused-ring (bicyclic) bond motifs is 1. The number of carbonyl (C=O) groups excluding carboxylic acids is 2. The van der Waals surface area contributed by atoms with Crippen molar-refractivity contribution in [1.82, 2.24) is 10.2 Å². The van der Waals surface area contributed by atoms with Gasteiger partial charge in [0.25, 0.3) is 5.91 Å². The number of likely N-dealkylation sites (tertiary alicyclic amines) is 1. The molecule has 1 heterocycles. The number of benzene rings is 3. The average Bonchev–Trinajstić information content (AvgIpc) is 3.47. The maximum Gasteiger partial charge on any atom is 0.310 e. The highest BCUT2D eigenvalue weighted by Gasteiger charge is 2.52. The van der Waals surface area contributed by atoms with E-state index in [4.69, 9.17) is 4.74 Å². The van der Waals surface area contributed by atoms with Crippen LogP contribution in [0.4, 0.5) is 14.5 Å². The van der Waals surface area contributed by atoms with Gasteiger partial charge in [-0.05, 0) is 72.7 Å². The Morgan fingerprint density at radius 3 is 2.51 bits per heavy atom. The fraction of sp³-hybridized carbons (Fsp3) is 0.310. The van der Waals surface area contributed by atoms with Gasteiger partial charge in [0, 0.05) is 12.6 Å². The van der Waals surface area contributed by atoms with E-state index < -0.39 is 28.0 Å². The summed E-state index contributed by atoms with van der Waals surface area (Å²) in [6.45, 7) is 0.444. The smallest absolute Gasteiger partial charge is 0.310 e. The van der Waals surface area contributed by atoms with E-state index in [1.165, 1.54) is 49.6 Å². The summed E-state index contributed by atoms with van der Waals surface area (Å²) >= 11 is 0. The molecule has 0 spiro atoms. The molecule has 1 aliphatic carbocycles. The predicted octanol–water partition coefficient (Wildman–Crippen LogP) is 5.04. The lowest BCUT2D eigenvalue weighted by molar-refractivity contribution is -0.385. The van der Waals surface area contributed by atoms with Gasteiger partial charge in [0.05, 0.1) is 35.6 Å². The number of halogens is 2. The van der Waals surface area contributed by atoms with Gasteiger partial charge in [-0.2, -0.15) is 0 Å². The van der Waals surface area contributed by atoms with Crippen molar-refractivity contribution in [2.45, 2.75) is 43.7 Å². The van der Waals surface area contributed by atoms with Gasteiger partial charge in [0.2, 0.25) is 5.91 Å². The quantitative estimate of drug-likeness (QED) is 0.337. The lowest BCUT2D eigenvalue weighted by Gasteiger charge is -2.33. The summed E-state index contributed by atoms with van der Waals surface area (Å²) in [5.74, 6) is -1.68. The monoisotopic (exact) mass is 535 g/mol. The molecular weight excluding hydrogens is 508 g/mol. The maximum absolute atomic E-state index is 15.0. The second kappa shape index (κ2) is 10.4. The number of carbonyl (C=O) groups is 2. The Kier molecular flexibility index (Phi) is 7.03. The van der Waals surface area contributed by atoms with Crippen molar-refractivity contribution < 1.29 is 28.0 Å². The van der Waals surface area contributed by atoms with E-state index in [2.05, 4.69) is 5.32 Å². The summed E-state index contributed by atoms with van der Waals surface area (Å²) in [6.07, 6.45) is 2.78. The zero-order valence-corrected chi connectivity index (χ0v) is 21.3. The minimum absolute atomic E-state index is 0.0361. The van der Waals surface area contributed by atoms with Gasteiger partial charge >= 0.3 is 5.69 Å². The summed E-state index contributed by atoms with van der Waals surface area (Å²) in [7, 11) is 1.34. The van der Waals surface area contributed by atoms with Crippen molar-refractivity contribution in [2.75, 3.05) is 13.7 Å². The van der Waals surface area contributed by atoms with Crippen LogP contribution in [0.5, 0.6) is 5.75 Å². The molecule has 3 aromatic carbocycles. The highest BCUT2D eigenvalue weighted by atomic mass is 19.1. The average molecular weight is 536 g/mol. The van der Waals surface area contributed by atoms with Crippen LogP contribution in [0.3, 0.4) is 0 Å². The molecule has 2 atom stereocenters. The molecule has 5 rings (SSSR count). The fourth-order valence-corrected chi connectivity index (χ4v) is 5.86. The molecule has 1 saturated heterocycles. The number of nitro benzene ring substituents is 1. The van der Waals surface area contributed by atoms with Gasteiger partial charge in [-0.15, -0.1) is 0 Å². The first-order valence-corrected chi connectivity index (χ1v) is 12.7. The van der Waals surface area contributed by atoms with Gasteiger partial charge in [0.1, 0.15) is 11.6 Å². The summed E-state index contributed by atoms with van der Waals surface area (Å²) in [5, 5.41) is 14.2. The van der Waals surface area contributed by atoms with Gasteiger partial charge < -0.3 is 15.0 Å². The number of methoxy groups -OCH3 is 1. The first kappa shape index (κ1) is 26.3. The molecule has 10 heteroatoms. The van der Waals surface area contributed by atoms with Crippen molar-refractivity contribution in [3.05, 3.63) is 93.5 Å². The fourth-order valence-electron chi connectivity index (χ4n) is 5.86. The Morgan fingerprint density at radius 2 is 1.82 bits per heavy atom. The standard InChI is InChI=1S/C29H27F2N3O5/c1-39-25-15-18(4-11-24(25)34(37)38)16-27(35)33-14-13-29(12-2-3-26(29)33)32-28(36)22-10-7-20(17-23(22)31)19-5-8-21(30)9-6-19/h4-11,15,17,26H,2-3,12-14,16H2,1H3,(H,32,36)/t26-,29+/m0/s1. The van der Waals surface area contributed by atoms with Crippen molar-refractivity contribution in [3.8, 4) is 16.9 Å². The number of nitrogens with one attached hydrogen (secondary N) is 1. The molecule has 39 heavy (non-hydrogen) atoms. The summed E-state index contributed by atoms with van der Waals surface area (Å²) in [6, 6.07) is 14.1. The van der Waals surface area contributed by atoms with Crippen LogP contribution in [0.1, 0.15) is 41.6 Å². The molecule has 0 radical (unpaired) electrons. The molecule has 2 amide bonds. The van der Waals surface area contributed by atoms with E-state index in [1.54, 1.807) is 23.1 Å². The minimum Gasteiger partial charge on any atom is -0.490 e. The third-order valence-corrected chi connectivity index (χ3v) is 7.78. The summed E-state index contributed by atoms with van der Waals surface area (Å²) in [5.41, 5.74) is 0.829. The number of hydrogen-bond acceptors (Lipinski definition) is 5. The molecule has 202 valence electrons. The lowest BCUT2D eigenvalue weighted by atomic mass is 9.92. The van der Waals surface area contributed by atoms with Crippen LogP contribution in [0, 0.1) is 21.7 Å². The highest BCUT2D eigenvalue weighted by molar-refractivity contribution is 5.96. The Morgan fingerprint density at radius 1 is 1.08 bits per heavy atom. The van der Waals surface area contributed by atoms with Gasteiger partial charge in [-0.3, -0.25) is 19.7 Å². The van der Waals surface area contributed by atoms with Crippen LogP contribution in [0.2, 0.25) is 0 Å². The SMILES string of the molecule is COc1cc(CC(=O)N2CC[C@]3(NC(=O)c4ccc(-c5ccc(F)cc5)cc4F)CCC[C@H]23)ccc1[N+](=O)[O-]. The third kappa shape index (κ3) is 5.06. The topological polar surface area (TPSA) is 102 Å². The Hall–Kier alpha value is -4.34. The van der Waals surface area contributed by atoms with E-state index in [1.807, 2.05) is 0 Å². The number of amides is 2. The molecule has 2 fully saturated rings. The molecule has 2 aliphatic rings. The highest BCUT2D eigenvalue weighted by Crippen LogP contribution is 2.42. The number of hydrogen-bond donors (Lipinski definition) is 1. The number of ether oxygens (including phenoxy) is 1.